The van der Waals surface area contributed by atoms with Crippen molar-refractivity contribution in [2.45, 2.75) is 18.9 Å². The highest BCUT2D eigenvalue weighted by molar-refractivity contribution is 14.1. The lowest BCUT2D eigenvalue weighted by molar-refractivity contribution is 0.167. The molecule has 1 unspecified atom stereocenters. The zero-order valence-electron chi connectivity index (χ0n) is 5.60. The van der Waals surface area contributed by atoms with Crippen LogP contribution >= 0.6 is 22.6 Å². The van der Waals surface area contributed by atoms with Gasteiger partial charge in [-0.1, -0.05) is 0 Å². The molecule has 58 valence electrons. The molecule has 1 saturated heterocycles. The van der Waals surface area contributed by atoms with Crippen molar-refractivity contribution in [3.8, 4) is 0 Å². The predicted octanol–water partition coefficient (Wildman–Crippen LogP) is 1.31. The number of hydrogen-bond donors (Lipinski definition) is 1. The van der Waals surface area contributed by atoms with E-state index in [1.54, 1.807) is 22.6 Å². The molecule has 1 fully saturated rings. The summed E-state index contributed by atoms with van der Waals surface area (Å²) < 4.78 is 4.59. The first-order valence-corrected chi connectivity index (χ1v) is 4.42. The fourth-order valence-electron chi connectivity index (χ4n) is 1.07. The van der Waals surface area contributed by atoms with Crippen LogP contribution in [0.1, 0.15) is 12.8 Å². The predicted molar refractivity (Wildman–Crippen MR) is 46.4 cm³/mol. The summed E-state index contributed by atoms with van der Waals surface area (Å²) in [4.78, 5) is 10.3. The topological polar surface area (TPSA) is 38.3 Å². The summed E-state index contributed by atoms with van der Waals surface area (Å²) in [5.74, 6) is 0. The van der Waals surface area contributed by atoms with Crippen LogP contribution in [0.3, 0.4) is 0 Å². The van der Waals surface area contributed by atoms with E-state index in [4.69, 9.17) is 4.74 Å². The number of ether oxygens (including phenoxy) is 1. The molecule has 0 aromatic carbocycles. The quantitative estimate of drug-likeness (QED) is 0.597. The first-order valence-electron chi connectivity index (χ1n) is 3.34. The summed E-state index contributed by atoms with van der Waals surface area (Å²) >= 11 is 1.64. The summed E-state index contributed by atoms with van der Waals surface area (Å²) in [6.45, 7) is 1.59. The Bertz CT molecular complexity index is 123. The van der Waals surface area contributed by atoms with Gasteiger partial charge in [0.2, 0.25) is 0 Å². The molecular formula is C6H10INO2. The van der Waals surface area contributed by atoms with Gasteiger partial charge < -0.3 is 10.1 Å². The minimum absolute atomic E-state index is 0.216. The highest BCUT2D eigenvalue weighted by Crippen LogP contribution is 2.05. The number of nitrogens with one attached hydrogen (secondary N) is 1. The van der Waals surface area contributed by atoms with E-state index in [0.717, 1.165) is 13.0 Å². The second-order valence-corrected chi connectivity index (χ2v) is 3.22. The van der Waals surface area contributed by atoms with E-state index in [-0.39, 0.29) is 3.98 Å². The lowest BCUT2D eigenvalue weighted by Crippen LogP contribution is -2.26. The fourth-order valence-corrected chi connectivity index (χ4v) is 1.24. The van der Waals surface area contributed by atoms with E-state index in [0.29, 0.717) is 12.6 Å². The lowest BCUT2D eigenvalue weighted by Gasteiger charge is -2.07. The summed E-state index contributed by atoms with van der Waals surface area (Å²) in [5, 5.41) is 3.23. The van der Waals surface area contributed by atoms with Crippen LogP contribution in [0.25, 0.3) is 0 Å². The Kier molecular flexibility index (Phi) is 3.41. The third-order valence-electron chi connectivity index (χ3n) is 1.56. The van der Waals surface area contributed by atoms with Crippen LogP contribution in [-0.2, 0) is 4.74 Å². The molecule has 0 amide bonds. The number of rotatable bonds is 2. The van der Waals surface area contributed by atoms with E-state index in [9.17, 15) is 4.79 Å². The Morgan fingerprint density at radius 1 is 1.80 bits per heavy atom. The molecule has 1 N–H and O–H groups in total. The van der Waals surface area contributed by atoms with Crippen molar-refractivity contribution >= 4 is 26.6 Å². The van der Waals surface area contributed by atoms with Gasteiger partial charge in [-0.2, -0.15) is 0 Å². The Hall–Kier alpha value is 0.160. The average Bonchev–Trinajstić information content (AvgIpc) is 2.34. The SMILES string of the molecule is O=C(I)OCC1CCCN1. The van der Waals surface area contributed by atoms with E-state index < -0.39 is 0 Å². The van der Waals surface area contributed by atoms with Crippen molar-refractivity contribution in [1.82, 2.24) is 5.32 Å². The summed E-state index contributed by atoms with van der Waals surface area (Å²) in [7, 11) is 0. The van der Waals surface area contributed by atoms with E-state index in [1.165, 1.54) is 6.42 Å². The second-order valence-electron chi connectivity index (χ2n) is 2.34. The molecule has 1 heterocycles. The second kappa shape index (κ2) is 4.12. The van der Waals surface area contributed by atoms with Gasteiger partial charge in [-0.25, -0.2) is 4.79 Å². The number of carbonyl (C=O) groups excluding carboxylic acids is 1. The van der Waals surface area contributed by atoms with Crippen molar-refractivity contribution in [1.29, 1.82) is 0 Å². The zero-order chi connectivity index (χ0) is 7.40. The van der Waals surface area contributed by atoms with Crippen molar-refractivity contribution in [2.24, 2.45) is 0 Å². The van der Waals surface area contributed by atoms with Gasteiger partial charge in [0.15, 0.2) is 0 Å². The van der Waals surface area contributed by atoms with Gasteiger partial charge in [-0.3, -0.25) is 0 Å². The zero-order valence-corrected chi connectivity index (χ0v) is 7.76. The molecule has 1 atom stereocenters. The first-order chi connectivity index (χ1) is 4.79. The fraction of sp³-hybridized carbons (Fsp3) is 0.833. The minimum atomic E-state index is -0.216. The number of hydrogen-bond acceptors (Lipinski definition) is 3. The van der Waals surface area contributed by atoms with Crippen LogP contribution in [0.5, 0.6) is 0 Å². The summed E-state index contributed by atoms with van der Waals surface area (Å²) in [6, 6.07) is 0.402. The van der Waals surface area contributed by atoms with Gasteiger partial charge in [0.25, 0.3) is 0 Å². The molecule has 3 nitrogen and oxygen atoms in total. The Morgan fingerprint density at radius 3 is 3.10 bits per heavy atom. The Morgan fingerprint density at radius 2 is 2.60 bits per heavy atom. The third kappa shape index (κ3) is 2.83. The monoisotopic (exact) mass is 255 g/mol. The van der Waals surface area contributed by atoms with Crippen molar-refractivity contribution < 1.29 is 9.53 Å². The molecule has 10 heavy (non-hydrogen) atoms. The number of carbonyl (C=O) groups is 1. The van der Waals surface area contributed by atoms with Crippen LogP contribution in [0, 0.1) is 0 Å². The molecule has 0 bridgehead atoms. The smallest absolute Gasteiger partial charge is 0.367 e. The molecular weight excluding hydrogens is 245 g/mol. The normalized spacial score (nSPS) is 24.7. The van der Waals surface area contributed by atoms with E-state index >= 15 is 0 Å². The van der Waals surface area contributed by atoms with Gasteiger partial charge in [-0.05, 0) is 19.4 Å². The largest absolute Gasteiger partial charge is 0.457 e. The van der Waals surface area contributed by atoms with E-state index in [1.807, 2.05) is 0 Å². The number of halogens is 1. The molecule has 0 aliphatic carbocycles. The molecule has 0 saturated carbocycles. The van der Waals surface area contributed by atoms with Crippen LogP contribution < -0.4 is 5.32 Å². The molecule has 0 radical (unpaired) electrons. The van der Waals surface area contributed by atoms with Crippen LogP contribution in [0.2, 0.25) is 0 Å². The van der Waals surface area contributed by atoms with Gasteiger partial charge in [0, 0.05) is 6.04 Å². The minimum Gasteiger partial charge on any atom is -0.457 e. The van der Waals surface area contributed by atoms with Crippen molar-refractivity contribution in [2.75, 3.05) is 13.2 Å². The maximum absolute atomic E-state index is 10.3. The van der Waals surface area contributed by atoms with Crippen molar-refractivity contribution in [3.05, 3.63) is 0 Å². The highest BCUT2D eigenvalue weighted by atomic mass is 127. The molecule has 0 aromatic rings. The third-order valence-corrected chi connectivity index (χ3v) is 1.87. The average molecular weight is 255 g/mol. The summed E-state index contributed by atoms with van der Waals surface area (Å²) in [5.41, 5.74) is 0. The molecule has 4 heteroatoms. The van der Waals surface area contributed by atoms with Crippen molar-refractivity contribution in [3.63, 3.8) is 0 Å². The van der Waals surface area contributed by atoms with Gasteiger partial charge >= 0.3 is 3.98 Å². The van der Waals surface area contributed by atoms with Crippen LogP contribution in [0.15, 0.2) is 0 Å². The Balaban J connectivity index is 2.07. The molecule has 1 aliphatic heterocycles. The van der Waals surface area contributed by atoms with E-state index in [2.05, 4.69) is 5.32 Å². The van der Waals surface area contributed by atoms with Gasteiger partial charge in [-0.15, -0.1) is 0 Å². The van der Waals surface area contributed by atoms with Gasteiger partial charge in [0.1, 0.15) is 6.61 Å². The maximum atomic E-state index is 10.3. The van der Waals surface area contributed by atoms with Crippen LogP contribution in [0.4, 0.5) is 4.79 Å². The maximum Gasteiger partial charge on any atom is 0.367 e. The molecule has 1 aliphatic rings. The first kappa shape index (κ1) is 8.26. The molecule has 0 spiro atoms. The summed E-state index contributed by atoms with van der Waals surface area (Å²) in [6.07, 6.45) is 2.33. The van der Waals surface area contributed by atoms with Gasteiger partial charge in [0.05, 0.1) is 22.6 Å². The highest BCUT2D eigenvalue weighted by Gasteiger charge is 2.14. The Labute approximate surface area is 73.6 Å². The standard InChI is InChI=1S/C6H10INO2/c7-6(9)10-4-5-2-1-3-8-5/h5,8H,1-4H2. The molecule has 0 aromatic heterocycles. The lowest BCUT2D eigenvalue weighted by atomic mass is 10.2. The molecule has 1 rings (SSSR count). The van der Waals surface area contributed by atoms with Crippen LogP contribution in [-0.4, -0.2) is 23.2 Å².